The van der Waals surface area contributed by atoms with Crippen molar-refractivity contribution in [1.82, 2.24) is 15.1 Å². The van der Waals surface area contributed by atoms with Crippen LogP contribution in [-0.2, 0) is 16.1 Å². The summed E-state index contributed by atoms with van der Waals surface area (Å²) in [5.41, 5.74) is 2.52. The fourth-order valence-electron chi connectivity index (χ4n) is 6.16. The van der Waals surface area contributed by atoms with Crippen molar-refractivity contribution in [3.8, 4) is 0 Å². The molecule has 4 aliphatic heterocycles. The number of likely N-dealkylation sites (tertiary alicyclic amines) is 1. The minimum atomic E-state index is -0.767. The number of benzene rings is 2. The van der Waals surface area contributed by atoms with Crippen LogP contribution in [0, 0.1) is 17.0 Å². The minimum Gasteiger partial charge on any atom is -0.370 e. The third kappa shape index (κ3) is 4.04. The largest absolute Gasteiger partial charge is 0.370 e. The van der Waals surface area contributed by atoms with Gasteiger partial charge in [0, 0.05) is 73.0 Å². The van der Waals surface area contributed by atoms with Crippen LogP contribution in [0.4, 0.5) is 14.5 Å². The summed E-state index contributed by atoms with van der Waals surface area (Å²) in [6.45, 7) is 2.92. The van der Waals surface area contributed by atoms with Crippen LogP contribution < -0.4 is 10.2 Å². The van der Waals surface area contributed by atoms with Crippen LogP contribution in [0.1, 0.15) is 52.0 Å². The molecule has 4 aliphatic rings. The van der Waals surface area contributed by atoms with Crippen molar-refractivity contribution < 1.29 is 28.0 Å². The lowest BCUT2D eigenvalue weighted by Gasteiger charge is -2.55. The molecule has 0 aliphatic carbocycles. The van der Waals surface area contributed by atoms with Crippen molar-refractivity contribution in [2.75, 3.05) is 31.1 Å². The Hall–Kier alpha value is -3.82. The lowest BCUT2D eigenvalue weighted by atomic mass is 9.71. The van der Waals surface area contributed by atoms with E-state index in [1.165, 1.54) is 0 Å². The normalized spacial score (nSPS) is 22.7. The van der Waals surface area contributed by atoms with E-state index in [9.17, 15) is 28.0 Å². The minimum absolute atomic E-state index is 0.0220. The number of hydrogen-bond donors (Lipinski definition) is 1. The zero-order valence-electron chi connectivity index (χ0n) is 20.1. The molecule has 1 unspecified atom stereocenters. The molecule has 1 spiro atoms. The number of carbonyl (C=O) groups is 4. The van der Waals surface area contributed by atoms with Gasteiger partial charge in [-0.05, 0) is 43.5 Å². The molecule has 0 saturated carbocycles. The summed E-state index contributed by atoms with van der Waals surface area (Å²) in [5.74, 6) is -2.83. The Morgan fingerprint density at radius 2 is 1.70 bits per heavy atom. The Labute approximate surface area is 212 Å². The molecule has 2 aromatic rings. The van der Waals surface area contributed by atoms with Gasteiger partial charge in [0.25, 0.3) is 11.8 Å². The standard InChI is InChI=1S/C27H26F2N4O4/c28-17-10-16(11-18(29)12-17)25(36)31-8-6-27(7-9-31)14-32(15-27)21-3-1-2-19-20(21)13-33(26(19)37)22-4-5-23(34)30-24(22)35/h1-3,10-12,22H,4-9,13-15H2,(H,30,34,35). The monoisotopic (exact) mass is 508 g/mol. The van der Waals surface area contributed by atoms with Gasteiger partial charge in [-0.25, -0.2) is 8.78 Å². The molecule has 0 radical (unpaired) electrons. The maximum absolute atomic E-state index is 13.6. The van der Waals surface area contributed by atoms with Gasteiger partial charge in [-0.2, -0.15) is 0 Å². The molecule has 0 bridgehead atoms. The number of carbonyl (C=O) groups excluding carboxylic acids is 4. The molecule has 192 valence electrons. The average Bonchev–Trinajstić information content (AvgIpc) is 3.18. The Kier molecular flexibility index (Phi) is 5.50. The quantitative estimate of drug-likeness (QED) is 0.644. The Balaban J connectivity index is 1.11. The summed E-state index contributed by atoms with van der Waals surface area (Å²) >= 11 is 0. The van der Waals surface area contributed by atoms with Gasteiger partial charge in [-0.3, -0.25) is 24.5 Å². The van der Waals surface area contributed by atoms with Gasteiger partial charge < -0.3 is 14.7 Å². The van der Waals surface area contributed by atoms with Crippen LogP contribution in [0.3, 0.4) is 0 Å². The van der Waals surface area contributed by atoms with Gasteiger partial charge in [-0.1, -0.05) is 6.07 Å². The number of anilines is 1. The molecule has 1 atom stereocenters. The first kappa shape index (κ1) is 23.6. The van der Waals surface area contributed by atoms with E-state index < -0.39 is 23.6 Å². The Bertz CT molecular complexity index is 1310. The van der Waals surface area contributed by atoms with E-state index in [4.69, 9.17) is 0 Å². The first-order chi connectivity index (χ1) is 17.7. The van der Waals surface area contributed by atoms with Gasteiger partial charge in [0.1, 0.15) is 17.7 Å². The number of piperidine rings is 2. The van der Waals surface area contributed by atoms with Gasteiger partial charge in [0.05, 0.1) is 0 Å². The van der Waals surface area contributed by atoms with Crippen LogP contribution in [0.5, 0.6) is 0 Å². The third-order valence-corrected chi connectivity index (χ3v) is 8.17. The lowest BCUT2D eigenvalue weighted by Crippen LogP contribution is -2.61. The van der Waals surface area contributed by atoms with Gasteiger partial charge >= 0.3 is 0 Å². The van der Waals surface area contributed by atoms with E-state index in [2.05, 4.69) is 10.2 Å². The summed E-state index contributed by atoms with van der Waals surface area (Å²) in [4.78, 5) is 55.2. The highest BCUT2D eigenvalue weighted by Crippen LogP contribution is 2.45. The third-order valence-electron chi connectivity index (χ3n) is 8.17. The van der Waals surface area contributed by atoms with E-state index in [-0.39, 0.29) is 35.1 Å². The molecule has 8 nitrogen and oxygen atoms in total. The Morgan fingerprint density at radius 3 is 2.38 bits per heavy atom. The zero-order valence-corrected chi connectivity index (χ0v) is 20.1. The Morgan fingerprint density at radius 1 is 1.00 bits per heavy atom. The SMILES string of the molecule is O=C1CCC(N2Cc3c(cccc3N3CC4(CCN(C(=O)c5cc(F)cc(F)c5)CC4)C3)C2=O)C(=O)N1. The number of nitrogens with zero attached hydrogens (tertiary/aromatic N) is 3. The number of imide groups is 1. The van der Waals surface area contributed by atoms with Crippen LogP contribution in [0.2, 0.25) is 0 Å². The number of hydrogen-bond acceptors (Lipinski definition) is 5. The van der Waals surface area contributed by atoms with Crippen molar-refractivity contribution in [2.45, 2.75) is 38.3 Å². The highest BCUT2D eigenvalue weighted by atomic mass is 19.1. The summed E-state index contributed by atoms with van der Waals surface area (Å²) in [6, 6.07) is 7.85. The number of fused-ring (bicyclic) bond motifs is 1. The summed E-state index contributed by atoms with van der Waals surface area (Å²) < 4.78 is 27.1. The second-order valence-electron chi connectivity index (χ2n) is 10.5. The van der Waals surface area contributed by atoms with Crippen LogP contribution in [0.25, 0.3) is 0 Å². The van der Waals surface area contributed by atoms with Crippen LogP contribution >= 0.6 is 0 Å². The second kappa shape index (κ2) is 8.64. The van der Waals surface area contributed by atoms with E-state index >= 15 is 0 Å². The highest BCUT2D eigenvalue weighted by Gasteiger charge is 2.47. The van der Waals surface area contributed by atoms with Gasteiger partial charge in [-0.15, -0.1) is 0 Å². The predicted octanol–water partition coefficient (Wildman–Crippen LogP) is 2.47. The molecule has 10 heteroatoms. The topological polar surface area (TPSA) is 90.0 Å². The van der Waals surface area contributed by atoms with E-state index in [1.807, 2.05) is 12.1 Å². The number of nitrogens with one attached hydrogen (secondary N) is 1. The van der Waals surface area contributed by atoms with Gasteiger partial charge in [0.2, 0.25) is 11.8 Å². The highest BCUT2D eigenvalue weighted by molar-refractivity contribution is 6.06. The molecule has 0 aromatic heterocycles. The molecular formula is C27H26F2N4O4. The lowest BCUT2D eigenvalue weighted by molar-refractivity contribution is -0.136. The van der Waals surface area contributed by atoms with Gasteiger partial charge in [0.15, 0.2) is 0 Å². The molecular weight excluding hydrogens is 482 g/mol. The number of amides is 4. The molecule has 3 fully saturated rings. The second-order valence-corrected chi connectivity index (χ2v) is 10.5. The molecule has 6 rings (SSSR count). The molecule has 2 aromatic carbocycles. The van der Waals surface area contributed by atoms with Crippen LogP contribution in [-0.4, -0.2) is 65.6 Å². The molecule has 3 saturated heterocycles. The fraction of sp³-hybridized carbons (Fsp3) is 0.407. The molecule has 4 heterocycles. The number of rotatable bonds is 3. The van der Waals surface area contributed by atoms with Crippen molar-refractivity contribution in [2.24, 2.45) is 5.41 Å². The molecule has 1 N–H and O–H groups in total. The fourth-order valence-corrected chi connectivity index (χ4v) is 6.16. The first-order valence-corrected chi connectivity index (χ1v) is 12.5. The van der Waals surface area contributed by atoms with E-state index in [1.54, 1.807) is 15.9 Å². The summed E-state index contributed by atoms with van der Waals surface area (Å²) in [5, 5.41) is 2.33. The molecule has 37 heavy (non-hydrogen) atoms. The summed E-state index contributed by atoms with van der Waals surface area (Å²) in [7, 11) is 0. The maximum atomic E-state index is 13.6. The van der Waals surface area contributed by atoms with Crippen molar-refractivity contribution in [1.29, 1.82) is 0 Å². The smallest absolute Gasteiger partial charge is 0.255 e. The molecule has 4 amide bonds. The first-order valence-electron chi connectivity index (χ1n) is 12.5. The predicted molar refractivity (Wildman–Crippen MR) is 129 cm³/mol. The maximum Gasteiger partial charge on any atom is 0.255 e. The summed E-state index contributed by atoms with van der Waals surface area (Å²) in [6.07, 6.45) is 2.10. The van der Waals surface area contributed by atoms with E-state index in [0.29, 0.717) is 31.6 Å². The van der Waals surface area contributed by atoms with Crippen LogP contribution in [0.15, 0.2) is 36.4 Å². The van der Waals surface area contributed by atoms with Crippen molar-refractivity contribution in [3.63, 3.8) is 0 Å². The zero-order chi connectivity index (χ0) is 25.9. The number of halogens is 2. The van der Waals surface area contributed by atoms with E-state index in [0.717, 1.165) is 55.4 Å². The van der Waals surface area contributed by atoms with Crippen molar-refractivity contribution in [3.05, 3.63) is 64.7 Å². The van der Waals surface area contributed by atoms with Crippen molar-refractivity contribution >= 4 is 29.3 Å². The average molecular weight is 509 g/mol.